The van der Waals surface area contributed by atoms with Crippen LogP contribution in [0.3, 0.4) is 0 Å². The van der Waals surface area contributed by atoms with E-state index in [0.29, 0.717) is 12.6 Å². The molecule has 0 bridgehead atoms. The molecule has 1 rings (SSSR count). The topological polar surface area (TPSA) is 70.2 Å². The molecule has 5 nitrogen and oxygen atoms in total. The predicted molar refractivity (Wildman–Crippen MR) is 68.1 cm³/mol. The summed E-state index contributed by atoms with van der Waals surface area (Å²) in [4.78, 5) is 0. The molecule has 0 spiro atoms. The SMILES string of the molecule is CCCNS(=O)(=O)NC1CCNC(C)C1.Cl. The van der Waals surface area contributed by atoms with Crippen molar-refractivity contribution in [3.05, 3.63) is 0 Å². The van der Waals surface area contributed by atoms with Crippen LogP contribution in [0.5, 0.6) is 0 Å². The van der Waals surface area contributed by atoms with Gasteiger partial charge in [-0.15, -0.1) is 12.4 Å². The van der Waals surface area contributed by atoms with E-state index < -0.39 is 10.2 Å². The Morgan fingerprint density at radius 3 is 2.69 bits per heavy atom. The van der Waals surface area contributed by atoms with E-state index in [1.165, 1.54) is 0 Å². The Hall–Kier alpha value is 0.120. The number of halogens is 1. The van der Waals surface area contributed by atoms with Crippen LogP contribution in [0.2, 0.25) is 0 Å². The first-order chi connectivity index (χ1) is 7.03. The molecular formula is C9H22ClN3O2S. The maximum atomic E-state index is 11.5. The smallest absolute Gasteiger partial charge is 0.277 e. The highest BCUT2D eigenvalue weighted by molar-refractivity contribution is 7.87. The van der Waals surface area contributed by atoms with Crippen LogP contribution in [0.1, 0.15) is 33.1 Å². The zero-order valence-corrected chi connectivity index (χ0v) is 11.5. The third kappa shape index (κ3) is 6.00. The molecule has 1 aliphatic rings. The first-order valence-corrected chi connectivity index (χ1v) is 7.02. The minimum absolute atomic E-state index is 0. The van der Waals surface area contributed by atoms with Crippen LogP contribution in [0, 0.1) is 0 Å². The highest BCUT2D eigenvalue weighted by Gasteiger charge is 2.22. The average molecular weight is 272 g/mol. The standard InChI is InChI=1S/C9H21N3O2S.ClH/c1-3-5-11-15(13,14)12-9-4-6-10-8(2)7-9;/h8-12H,3-7H2,1-2H3;1H. The van der Waals surface area contributed by atoms with Crippen molar-refractivity contribution in [3.8, 4) is 0 Å². The summed E-state index contributed by atoms with van der Waals surface area (Å²) in [5.74, 6) is 0. The molecule has 16 heavy (non-hydrogen) atoms. The molecule has 1 saturated heterocycles. The molecule has 0 radical (unpaired) electrons. The fourth-order valence-electron chi connectivity index (χ4n) is 1.74. The molecule has 2 atom stereocenters. The zero-order valence-electron chi connectivity index (χ0n) is 9.82. The fraction of sp³-hybridized carbons (Fsp3) is 1.00. The van der Waals surface area contributed by atoms with Gasteiger partial charge in [0.1, 0.15) is 0 Å². The lowest BCUT2D eigenvalue weighted by molar-refractivity contribution is 0.360. The second kappa shape index (κ2) is 7.45. The number of piperidine rings is 1. The van der Waals surface area contributed by atoms with E-state index in [0.717, 1.165) is 25.8 Å². The normalized spacial score (nSPS) is 26.1. The van der Waals surface area contributed by atoms with Crippen molar-refractivity contribution in [2.75, 3.05) is 13.1 Å². The molecule has 1 fully saturated rings. The molecular weight excluding hydrogens is 250 g/mol. The van der Waals surface area contributed by atoms with Gasteiger partial charge in [-0.05, 0) is 32.7 Å². The third-order valence-electron chi connectivity index (χ3n) is 2.49. The van der Waals surface area contributed by atoms with E-state index in [-0.39, 0.29) is 18.4 Å². The molecule has 0 aliphatic carbocycles. The Bertz CT molecular complexity index is 284. The van der Waals surface area contributed by atoms with Crippen molar-refractivity contribution in [1.29, 1.82) is 0 Å². The molecule has 7 heteroatoms. The molecule has 1 aliphatic heterocycles. The first-order valence-electron chi connectivity index (χ1n) is 5.54. The molecule has 1 heterocycles. The van der Waals surface area contributed by atoms with Gasteiger partial charge in [-0.3, -0.25) is 0 Å². The van der Waals surface area contributed by atoms with Crippen LogP contribution < -0.4 is 14.8 Å². The van der Waals surface area contributed by atoms with E-state index in [4.69, 9.17) is 0 Å². The van der Waals surface area contributed by atoms with Crippen LogP contribution in [0.25, 0.3) is 0 Å². The van der Waals surface area contributed by atoms with Crippen molar-refractivity contribution in [3.63, 3.8) is 0 Å². The Kier molecular flexibility index (Phi) is 7.50. The number of rotatable bonds is 5. The van der Waals surface area contributed by atoms with E-state index in [1.54, 1.807) is 0 Å². The summed E-state index contributed by atoms with van der Waals surface area (Å²) in [7, 11) is -3.29. The molecule has 0 saturated carbocycles. The summed E-state index contributed by atoms with van der Waals surface area (Å²) in [6.45, 7) is 5.38. The van der Waals surface area contributed by atoms with Crippen molar-refractivity contribution in [2.45, 2.75) is 45.2 Å². The largest absolute Gasteiger partial charge is 0.314 e. The molecule has 0 amide bonds. The second-order valence-electron chi connectivity index (χ2n) is 4.09. The Morgan fingerprint density at radius 2 is 2.12 bits per heavy atom. The lowest BCUT2D eigenvalue weighted by Gasteiger charge is -2.28. The summed E-state index contributed by atoms with van der Waals surface area (Å²) in [5, 5.41) is 3.29. The van der Waals surface area contributed by atoms with Crippen LogP contribution in [0.15, 0.2) is 0 Å². The van der Waals surface area contributed by atoms with Crippen molar-refractivity contribution in [1.82, 2.24) is 14.8 Å². The molecule has 98 valence electrons. The Balaban J connectivity index is 0.00000225. The highest BCUT2D eigenvalue weighted by atomic mass is 35.5. The van der Waals surface area contributed by atoms with Gasteiger partial charge in [0.05, 0.1) is 0 Å². The van der Waals surface area contributed by atoms with E-state index in [9.17, 15) is 8.42 Å². The van der Waals surface area contributed by atoms with Crippen LogP contribution in [0.4, 0.5) is 0 Å². The number of hydrogen-bond acceptors (Lipinski definition) is 3. The van der Waals surface area contributed by atoms with Gasteiger partial charge in [0.2, 0.25) is 0 Å². The van der Waals surface area contributed by atoms with Gasteiger partial charge in [-0.1, -0.05) is 6.92 Å². The van der Waals surface area contributed by atoms with Crippen molar-refractivity contribution in [2.24, 2.45) is 0 Å². The van der Waals surface area contributed by atoms with Crippen LogP contribution in [-0.4, -0.2) is 33.6 Å². The maximum absolute atomic E-state index is 11.5. The van der Waals surface area contributed by atoms with Crippen molar-refractivity contribution < 1.29 is 8.42 Å². The number of hydrogen-bond donors (Lipinski definition) is 3. The van der Waals surface area contributed by atoms with Crippen LogP contribution >= 0.6 is 12.4 Å². The van der Waals surface area contributed by atoms with Crippen LogP contribution in [-0.2, 0) is 10.2 Å². The monoisotopic (exact) mass is 271 g/mol. The van der Waals surface area contributed by atoms with Gasteiger partial charge in [0, 0.05) is 18.6 Å². The molecule has 2 unspecified atom stereocenters. The van der Waals surface area contributed by atoms with Gasteiger partial charge < -0.3 is 5.32 Å². The van der Waals surface area contributed by atoms with Gasteiger partial charge >= 0.3 is 0 Å². The van der Waals surface area contributed by atoms with Gasteiger partial charge in [-0.25, -0.2) is 4.72 Å². The number of nitrogens with one attached hydrogen (secondary N) is 3. The second-order valence-corrected chi connectivity index (χ2v) is 5.62. The minimum atomic E-state index is -3.29. The molecule has 0 aromatic heterocycles. The summed E-state index contributed by atoms with van der Waals surface area (Å²) in [6.07, 6.45) is 2.52. The minimum Gasteiger partial charge on any atom is -0.314 e. The molecule has 3 N–H and O–H groups in total. The van der Waals surface area contributed by atoms with Gasteiger partial charge in [-0.2, -0.15) is 13.1 Å². The van der Waals surface area contributed by atoms with Gasteiger partial charge in [0.25, 0.3) is 10.2 Å². The quantitative estimate of drug-likeness (QED) is 0.677. The molecule has 0 aromatic rings. The average Bonchev–Trinajstić information content (AvgIpc) is 2.14. The lowest BCUT2D eigenvalue weighted by Crippen LogP contribution is -2.49. The third-order valence-corrected chi connectivity index (χ3v) is 3.72. The predicted octanol–water partition coefficient (Wildman–Crippen LogP) is 0.383. The fourth-order valence-corrected chi connectivity index (χ4v) is 2.95. The molecule has 0 aromatic carbocycles. The van der Waals surface area contributed by atoms with E-state index in [2.05, 4.69) is 21.7 Å². The zero-order chi connectivity index (χ0) is 11.3. The first kappa shape index (κ1) is 16.1. The van der Waals surface area contributed by atoms with Gasteiger partial charge in [0.15, 0.2) is 0 Å². The highest BCUT2D eigenvalue weighted by Crippen LogP contribution is 2.08. The maximum Gasteiger partial charge on any atom is 0.277 e. The summed E-state index contributed by atoms with van der Waals surface area (Å²) in [6, 6.07) is 0.452. The van der Waals surface area contributed by atoms with Crippen molar-refractivity contribution >= 4 is 22.6 Å². The Labute approximate surface area is 104 Å². The lowest BCUT2D eigenvalue weighted by atomic mass is 10.0. The summed E-state index contributed by atoms with van der Waals surface area (Å²) >= 11 is 0. The van der Waals surface area contributed by atoms with E-state index >= 15 is 0 Å². The summed E-state index contributed by atoms with van der Waals surface area (Å²) in [5.41, 5.74) is 0. The Morgan fingerprint density at radius 1 is 1.44 bits per heavy atom. The summed E-state index contributed by atoms with van der Waals surface area (Å²) < 4.78 is 28.2. The van der Waals surface area contributed by atoms with E-state index in [1.807, 2.05) is 6.92 Å².